The number of ether oxygens (including phenoxy) is 1. The third-order valence-corrected chi connectivity index (χ3v) is 9.11. The zero-order chi connectivity index (χ0) is 24.2. The van der Waals surface area contributed by atoms with Gasteiger partial charge in [-0.1, -0.05) is 51.7 Å². The Morgan fingerprint density at radius 3 is 2.30 bits per heavy atom. The first-order valence-electron chi connectivity index (χ1n) is 12.0. The zero-order valence-electron chi connectivity index (χ0n) is 20.7. The molecule has 0 bridgehead atoms. The molecule has 33 heavy (non-hydrogen) atoms. The van der Waals surface area contributed by atoms with Gasteiger partial charge in [0.15, 0.2) is 9.84 Å². The summed E-state index contributed by atoms with van der Waals surface area (Å²) in [5.74, 6) is 0.224. The van der Waals surface area contributed by atoms with Gasteiger partial charge in [-0.3, -0.25) is 0 Å². The Morgan fingerprint density at radius 2 is 1.73 bits per heavy atom. The van der Waals surface area contributed by atoms with E-state index in [0.717, 1.165) is 36.9 Å². The number of unbranched alkanes of at least 4 members (excludes halogenated alkanes) is 2. The van der Waals surface area contributed by atoms with E-state index in [4.69, 9.17) is 4.74 Å². The largest absolute Gasteiger partial charge is 0.497 e. The number of anilines is 1. The molecule has 1 heterocycles. The fourth-order valence-electron chi connectivity index (χ4n) is 5.23. The molecule has 1 unspecified atom stereocenters. The number of hydrogen-bond acceptors (Lipinski definition) is 5. The Morgan fingerprint density at radius 1 is 1.06 bits per heavy atom. The minimum atomic E-state index is -3.59. The minimum Gasteiger partial charge on any atom is -0.497 e. The van der Waals surface area contributed by atoms with Gasteiger partial charge in [-0.25, -0.2) is 8.42 Å². The Kier molecular flexibility index (Phi) is 8.12. The molecule has 1 N–H and O–H groups in total. The Balaban J connectivity index is 2.32. The van der Waals surface area contributed by atoms with Gasteiger partial charge in [0.05, 0.1) is 23.9 Å². The SMILES string of the molecule is CCCCC1(CCCC)CS(=O)(=O)c2ccc(N(C)C)cc2[C@@H](c2cccc(OC)c2)C1O. The third kappa shape index (κ3) is 5.22. The van der Waals surface area contributed by atoms with Crippen LogP contribution in [0.25, 0.3) is 0 Å². The van der Waals surface area contributed by atoms with Crippen molar-refractivity contribution in [3.63, 3.8) is 0 Å². The molecule has 3 rings (SSSR count). The van der Waals surface area contributed by atoms with Gasteiger partial charge in [0.25, 0.3) is 0 Å². The van der Waals surface area contributed by atoms with Crippen molar-refractivity contribution in [1.29, 1.82) is 0 Å². The van der Waals surface area contributed by atoms with Crippen LogP contribution < -0.4 is 9.64 Å². The number of methoxy groups -OCH3 is 1. The van der Waals surface area contributed by atoms with Crippen molar-refractivity contribution in [2.75, 3.05) is 31.9 Å². The number of aliphatic hydroxyl groups excluding tert-OH is 1. The summed E-state index contributed by atoms with van der Waals surface area (Å²) >= 11 is 0. The molecule has 0 saturated carbocycles. The van der Waals surface area contributed by atoms with Crippen molar-refractivity contribution in [3.8, 4) is 5.75 Å². The van der Waals surface area contributed by atoms with Crippen LogP contribution in [-0.2, 0) is 9.84 Å². The normalized spacial score (nSPS) is 21.2. The van der Waals surface area contributed by atoms with Crippen molar-refractivity contribution in [1.82, 2.24) is 0 Å². The molecule has 0 radical (unpaired) electrons. The highest BCUT2D eigenvalue weighted by Gasteiger charge is 2.49. The summed E-state index contributed by atoms with van der Waals surface area (Å²) in [5, 5.41) is 12.1. The number of nitrogens with zero attached hydrogens (tertiary/aromatic N) is 1. The van der Waals surface area contributed by atoms with Crippen molar-refractivity contribution in [2.45, 2.75) is 69.3 Å². The van der Waals surface area contributed by atoms with E-state index in [2.05, 4.69) is 13.8 Å². The van der Waals surface area contributed by atoms with Crippen LogP contribution in [0.4, 0.5) is 5.69 Å². The molecule has 6 heteroatoms. The summed E-state index contributed by atoms with van der Waals surface area (Å²) in [6, 6.07) is 13.2. The van der Waals surface area contributed by atoms with Crippen LogP contribution in [0.3, 0.4) is 0 Å². The van der Waals surface area contributed by atoms with Crippen LogP contribution in [0.1, 0.15) is 69.4 Å². The van der Waals surface area contributed by atoms with Gasteiger partial charge >= 0.3 is 0 Å². The molecule has 1 aliphatic heterocycles. The highest BCUT2D eigenvalue weighted by molar-refractivity contribution is 7.91. The first-order chi connectivity index (χ1) is 15.7. The third-order valence-electron chi connectivity index (χ3n) is 7.11. The van der Waals surface area contributed by atoms with Crippen molar-refractivity contribution in [2.24, 2.45) is 5.41 Å². The average molecular weight is 474 g/mol. The van der Waals surface area contributed by atoms with Gasteiger partial charge < -0.3 is 14.7 Å². The molecule has 5 nitrogen and oxygen atoms in total. The molecule has 2 aromatic rings. The molecule has 2 atom stereocenters. The lowest BCUT2D eigenvalue weighted by molar-refractivity contribution is 0.0127. The fraction of sp³-hybridized carbons (Fsp3) is 0.556. The molecule has 182 valence electrons. The molecule has 1 aliphatic rings. The van der Waals surface area contributed by atoms with Gasteiger partial charge in [0.2, 0.25) is 0 Å². The topological polar surface area (TPSA) is 66.8 Å². The highest BCUT2D eigenvalue weighted by atomic mass is 32.2. The second kappa shape index (κ2) is 10.5. The smallest absolute Gasteiger partial charge is 0.179 e. The molecule has 0 aliphatic carbocycles. The Hall–Kier alpha value is -2.05. The molecule has 0 spiro atoms. The molecule has 0 amide bonds. The molecular formula is C27H39NO4S. The van der Waals surface area contributed by atoms with Crippen LogP contribution in [-0.4, -0.2) is 46.6 Å². The van der Waals surface area contributed by atoms with E-state index in [0.29, 0.717) is 29.1 Å². The highest BCUT2D eigenvalue weighted by Crippen LogP contribution is 2.50. The Bertz CT molecular complexity index is 1040. The van der Waals surface area contributed by atoms with Crippen LogP contribution >= 0.6 is 0 Å². The number of fused-ring (bicyclic) bond motifs is 1. The van der Waals surface area contributed by atoms with E-state index in [1.54, 1.807) is 13.2 Å². The number of rotatable bonds is 9. The molecule has 0 fully saturated rings. The number of aliphatic hydroxyl groups is 1. The molecular weight excluding hydrogens is 434 g/mol. The maximum Gasteiger partial charge on any atom is 0.179 e. The number of benzene rings is 2. The molecule has 2 aromatic carbocycles. The zero-order valence-corrected chi connectivity index (χ0v) is 21.5. The summed E-state index contributed by atoms with van der Waals surface area (Å²) in [4.78, 5) is 2.31. The maximum atomic E-state index is 13.8. The van der Waals surface area contributed by atoms with E-state index in [9.17, 15) is 13.5 Å². The maximum absolute atomic E-state index is 13.8. The predicted molar refractivity (Wildman–Crippen MR) is 135 cm³/mol. The predicted octanol–water partition coefficient (Wildman–Crippen LogP) is 5.41. The Labute approximate surface area is 199 Å². The standard InChI is InChI=1S/C27H39NO4S/c1-6-8-15-27(16-9-7-2)19-33(30,31)24-14-13-21(28(3)4)18-23(24)25(26(27)29)20-11-10-12-22(17-20)32-5/h10-14,17-18,25-26,29H,6-9,15-16,19H2,1-5H3/t25-,26?/m1/s1. The van der Waals surface area contributed by atoms with Gasteiger partial charge in [0.1, 0.15) is 5.75 Å². The molecule has 0 aromatic heterocycles. The van der Waals surface area contributed by atoms with Gasteiger partial charge in [-0.15, -0.1) is 0 Å². The number of hydrogen-bond donors (Lipinski definition) is 1. The van der Waals surface area contributed by atoms with E-state index in [1.807, 2.05) is 55.4 Å². The number of sulfone groups is 1. The molecule has 0 saturated heterocycles. The van der Waals surface area contributed by atoms with Gasteiger partial charge in [0, 0.05) is 31.1 Å². The fourth-order valence-corrected chi connectivity index (χ4v) is 7.42. The second-order valence-electron chi connectivity index (χ2n) is 9.64. The second-order valence-corrected chi connectivity index (χ2v) is 11.6. The van der Waals surface area contributed by atoms with Crippen LogP contribution in [0, 0.1) is 5.41 Å². The van der Waals surface area contributed by atoms with Crippen LogP contribution in [0.15, 0.2) is 47.4 Å². The van der Waals surface area contributed by atoms with E-state index >= 15 is 0 Å². The lowest BCUT2D eigenvalue weighted by Gasteiger charge is -2.40. The van der Waals surface area contributed by atoms with Gasteiger partial charge in [-0.05, 0) is 54.3 Å². The van der Waals surface area contributed by atoms with Crippen molar-refractivity contribution < 1.29 is 18.3 Å². The lowest BCUT2D eigenvalue weighted by atomic mass is 9.68. The summed E-state index contributed by atoms with van der Waals surface area (Å²) in [6.45, 7) is 4.23. The van der Waals surface area contributed by atoms with Crippen molar-refractivity contribution >= 4 is 15.5 Å². The quantitative estimate of drug-likeness (QED) is 0.528. The van der Waals surface area contributed by atoms with Crippen LogP contribution in [0.2, 0.25) is 0 Å². The van der Waals surface area contributed by atoms with E-state index in [1.165, 1.54) is 0 Å². The first kappa shape index (κ1) is 25.6. The van der Waals surface area contributed by atoms with E-state index in [-0.39, 0.29) is 5.75 Å². The summed E-state index contributed by atoms with van der Waals surface area (Å²) in [5.41, 5.74) is 1.78. The van der Waals surface area contributed by atoms with Crippen molar-refractivity contribution in [3.05, 3.63) is 53.6 Å². The summed E-state index contributed by atoms with van der Waals surface area (Å²) in [7, 11) is 1.92. The summed E-state index contributed by atoms with van der Waals surface area (Å²) < 4.78 is 33.1. The minimum absolute atomic E-state index is 0.0179. The lowest BCUT2D eigenvalue weighted by Crippen LogP contribution is -2.43. The average Bonchev–Trinajstić information content (AvgIpc) is 2.87. The van der Waals surface area contributed by atoms with Gasteiger partial charge in [-0.2, -0.15) is 0 Å². The first-order valence-corrected chi connectivity index (χ1v) is 13.7. The van der Waals surface area contributed by atoms with Crippen LogP contribution in [0.5, 0.6) is 5.75 Å². The monoisotopic (exact) mass is 473 g/mol. The summed E-state index contributed by atoms with van der Waals surface area (Å²) in [6.07, 6.45) is 4.26. The van der Waals surface area contributed by atoms with E-state index < -0.39 is 27.3 Å².